The lowest BCUT2D eigenvalue weighted by molar-refractivity contribution is -0.193. The molecule has 0 aliphatic carbocycles. The lowest BCUT2D eigenvalue weighted by Gasteiger charge is -2.46. The third kappa shape index (κ3) is 1.94. The summed E-state index contributed by atoms with van der Waals surface area (Å²) in [7, 11) is 2.01. The van der Waals surface area contributed by atoms with Gasteiger partial charge in [0.05, 0.1) is 0 Å². The summed E-state index contributed by atoms with van der Waals surface area (Å²) < 4.78 is 7.67. The highest BCUT2D eigenvalue weighted by molar-refractivity contribution is 6.30. The van der Waals surface area contributed by atoms with Crippen molar-refractivity contribution in [3.63, 3.8) is 0 Å². The van der Waals surface area contributed by atoms with Gasteiger partial charge in [0, 0.05) is 29.2 Å². The van der Waals surface area contributed by atoms with E-state index >= 15 is 0 Å². The number of nitrogens with zero attached hydrogens (tertiary/aromatic N) is 1. The monoisotopic (exact) mass is 339 g/mol. The molecule has 0 radical (unpaired) electrons. The van der Waals surface area contributed by atoms with Crippen molar-refractivity contribution >= 4 is 28.5 Å². The van der Waals surface area contributed by atoms with E-state index in [0.29, 0.717) is 11.4 Å². The van der Waals surface area contributed by atoms with Gasteiger partial charge in [0.25, 0.3) is 0 Å². The second-order valence-corrected chi connectivity index (χ2v) is 6.77. The molecule has 0 saturated carbocycles. The number of hydrogen-bond donors (Lipinski definition) is 0. The van der Waals surface area contributed by atoms with Crippen LogP contribution in [-0.4, -0.2) is 10.5 Å². The molecule has 0 N–H and O–H groups in total. The predicted molar refractivity (Wildman–Crippen MR) is 95.2 cm³/mol. The van der Waals surface area contributed by atoms with Crippen molar-refractivity contribution in [2.24, 2.45) is 7.05 Å². The van der Waals surface area contributed by atoms with E-state index in [1.165, 1.54) is 0 Å². The fraction of sp³-hybridized carbons (Fsp3) is 0.250. The second kappa shape index (κ2) is 5.38. The SMILES string of the molecule is CC[C@]1(c2cn(C)c3ccccc23)C(=O)O[C@@H]1c1ccc(Cl)cc1. The zero-order valence-electron chi connectivity index (χ0n) is 13.6. The van der Waals surface area contributed by atoms with E-state index < -0.39 is 5.41 Å². The maximum Gasteiger partial charge on any atom is 0.321 e. The minimum Gasteiger partial charge on any atom is -0.455 e. The van der Waals surface area contributed by atoms with Gasteiger partial charge in [0.2, 0.25) is 0 Å². The summed E-state index contributed by atoms with van der Waals surface area (Å²) in [4.78, 5) is 12.6. The average Bonchev–Trinajstić information content (AvgIpc) is 2.92. The summed E-state index contributed by atoms with van der Waals surface area (Å²) in [5.74, 6) is -0.152. The molecule has 1 fully saturated rings. The molecular formula is C20H18ClNO2. The molecule has 2 aromatic carbocycles. The number of para-hydroxylation sites is 1. The molecular weight excluding hydrogens is 322 g/mol. The van der Waals surface area contributed by atoms with E-state index in [1.54, 1.807) is 0 Å². The van der Waals surface area contributed by atoms with Gasteiger partial charge in [0.15, 0.2) is 0 Å². The molecule has 2 atom stereocenters. The Bertz CT molecular complexity index is 928. The summed E-state index contributed by atoms with van der Waals surface area (Å²) in [6.45, 7) is 2.05. The fourth-order valence-electron chi connectivity index (χ4n) is 3.82. The summed E-state index contributed by atoms with van der Waals surface area (Å²) in [5, 5.41) is 1.79. The van der Waals surface area contributed by atoms with Gasteiger partial charge in [0.1, 0.15) is 11.5 Å². The Morgan fingerprint density at radius 1 is 1.17 bits per heavy atom. The maximum absolute atomic E-state index is 12.6. The Hall–Kier alpha value is -2.26. The number of carbonyl (C=O) groups excluding carboxylic acids is 1. The standard InChI is InChI=1S/C20H18ClNO2/c1-3-20(16-12-22(2)17-7-5-4-6-15(16)17)18(24-19(20)23)13-8-10-14(21)11-9-13/h4-12,18H,3H2,1-2H3/t18-,20-/m1/s1. The summed E-state index contributed by atoms with van der Waals surface area (Å²) in [5.41, 5.74) is 2.50. The first-order valence-corrected chi connectivity index (χ1v) is 8.47. The van der Waals surface area contributed by atoms with Crippen molar-refractivity contribution in [1.29, 1.82) is 0 Å². The number of rotatable bonds is 3. The molecule has 3 aromatic rings. The maximum atomic E-state index is 12.6. The summed E-state index contributed by atoms with van der Waals surface area (Å²) >= 11 is 6.00. The van der Waals surface area contributed by atoms with Crippen molar-refractivity contribution in [1.82, 2.24) is 4.57 Å². The smallest absolute Gasteiger partial charge is 0.321 e. The molecule has 1 aliphatic heterocycles. The minimum absolute atomic E-state index is 0.152. The molecule has 0 spiro atoms. The van der Waals surface area contributed by atoms with E-state index in [1.807, 2.05) is 50.4 Å². The lowest BCUT2D eigenvalue weighted by Crippen LogP contribution is -2.54. The Balaban J connectivity index is 1.90. The number of esters is 1. The van der Waals surface area contributed by atoms with Crippen LogP contribution in [0.4, 0.5) is 0 Å². The number of aryl methyl sites for hydroxylation is 1. The molecule has 0 unspecified atom stereocenters. The molecule has 1 aliphatic rings. The molecule has 0 bridgehead atoms. The minimum atomic E-state index is -0.644. The topological polar surface area (TPSA) is 31.2 Å². The lowest BCUT2D eigenvalue weighted by atomic mass is 9.67. The number of carbonyl (C=O) groups is 1. The van der Waals surface area contributed by atoms with Gasteiger partial charge >= 0.3 is 5.97 Å². The van der Waals surface area contributed by atoms with Gasteiger partial charge in [-0.25, -0.2) is 0 Å². The Morgan fingerprint density at radius 3 is 2.54 bits per heavy atom. The third-order valence-electron chi connectivity index (χ3n) is 5.14. The van der Waals surface area contributed by atoms with Gasteiger partial charge < -0.3 is 9.30 Å². The van der Waals surface area contributed by atoms with Crippen LogP contribution in [0.25, 0.3) is 10.9 Å². The van der Waals surface area contributed by atoms with Crippen molar-refractivity contribution in [3.05, 3.63) is 70.9 Å². The van der Waals surface area contributed by atoms with Crippen LogP contribution in [0.3, 0.4) is 0 Å². The van der Waals surface area contributed by atoms with Gasteiger partial charge in [-0.15, -0.1) is 0 Å². The van der Waals surface area contributed by atoms with Crippen molar-refractivity contribution in [2.45, 2.75) is 24.9 Å². The van der Waals surface area contributed by atoms with Crippen LogP contribution in [0.2, 0.25) is 5.02 Å². The Kier molecular flexibility index (Phi) is 3.43. The first kappa shape index (κ1) is 15.3. The van der Waals surface area contributed by atoms with E-state index in [0.717, 1.165) is 22.0 Å². The predicted octanol–water partition coefficient (Wildman–Crippen LogP) is 4.78. The molecule has 0 amide bonds. The first-order valence-electron chi connectivity index (χ1n) is 8.09. The normalized spacial score (nSPS) is 23.1. The zero-order chi connectivity index (χ0) is 16.9. The molecule has 1 saturated heterocycles. The number of benzene rings is 2. The van der Waals surface area contributed by atoms with Gasteiger partial charge in [-0.05, 0) is 35.7 Å². The summed E-state index contributed by atoms with van der Waals surface area (Å²) in [6, 6.07) is 15.7. The summed E-state index contributed by atoms with van der Waals surface area (Å²) in [6.07, 6.45) is 2.48. The highest BCUT2D eigenvalue weighted by atomic mass is 35.5. The van der Waals surface area contributed by atoms with E-state index in [9.17, 15) is 4.79 Å². The molecule has 122 valence electrons. The third-order valence-corrected chi connectivity index (χ3v) is 5.40. The van der Waals surface area contributed by atoms with Gasteiger partial charge in [-0.1, -0.05) is 48.9 Å². The number of ether oxygens (including phenoxy) is 1. The van der Waals surface area contributed by atoms with Crippen LogP contribution >= 0.6 is 11.6 Å². The second-order valence-electron chi connectivity index (χ2n) is 6.33. The highest BCUT2D eigenvalue weighted by Gasteiger charge is 2.59. The van der Waals surface area contributed by atoms with Crippen LogP contribution < -0.4 is 0 Å². The molecule has 3 nitrogen and oxygen atoms in total. The van der Waals surface area contributed by atoms with Crippen molar-refractivity contribution < 1.29 is 9.53 Å². The Labute approximate surface area is 145 Å². The highest BCUT2D eigenvalue weighted by Crippen LogP contribution is 2.53. The molecule has 1 aromatic heterocycles. The Morgan fingerprint density at radius 2 is 1.88 bits per heavy atom. The number of halogens is 1. The van der Waals surface area contributed by atoms with E-state index in [4.69, 9.17) is 16.3 Å². The molecule has 2 heterocycles. The molecule has 4 rings (SSSR count). The number of cyclic esters (lactones) is 1. The fourth-order valence-corrected chi connectivity index (χ4v) is 3.95. The van der Waals surface area contributed by atoms with Crippen LogP contribution in [-0.2, 0) is 22.0 Å². The number of fused-ring (bicyclic) bond motifs is 1. The van der Waals surface area contributed by atoms with Crippen LogP contribution in [0.5, 0.6) is 0 Å². The van der Waals surface area contributed by atoms with Crippen LogP contribution in [0, 0.1) is 0 Å². The van der Waals surface area contributed by atoms with Crippen molar-refractivity contribution in [2.75, 3.05) is 0 Å². The molecule has 24 heavy (non-hydrogen) atoms. The zero-order valence-corrected chi connectivity index (χ0v) is 14.4. The van der Waals surface area contributed by atoms with Gasteiger partial charge in [-0.3, -0.25) is 4.79 Å². The van der Waals surface area contributed by atoms with Crippen molar-refractivity contribution in [3.8, 4) is 0 Å². The number of aromatic nitrogens is 1. The van der Waals surface area contributed by atoms with Gasteiger partial charge in [-0.2, -0.15) is 0 Å². The quantitative estimate of drug-likeness (QED) is 0.643. The van der Waals surface area contributed by atoms with E-state index in [-0.39, 0.29) is 12.1 Å². The molecule has 4 heteroatoms. The average molecular weight is 340 g/mol. The first-order chi connectivity index (χ1) is 11.6. The van der Waals surface area contributed by atoms with Crippen LogP contribution in [0.1, 0.15) is 30.6 Å². The van der Waals surface area contributed by atoms with Crippen LogP contribution in [0.15, 0.2) is 54.7 Å². The largest absolute Gasteiger partial charge is 0.455 e. The number of hydrogen-bond acceptors (Lipinski definition) is 2. The van der Waals surface area contributed by atoms with E-state index in [2.05, 4.69) is 22.9 Å².